The Kier molecular flexibility index (Phi) is 4.79. The average Bonchev–Trinajstić information content (AvgIpc) is 3.03. The topological polar surface area (TPSA) is 67.9 Å². The standard InChI is InChI=1S/C18H23FN2O4/c1-17(2,15(22)20-14-5-3-4-13(19)12-14)16(23)21-8-6-18(7-9-21)24-10-11-25-18/h3-5,12H,6-11H2,1-2H3,(H,20,22). The molecule has 0 radical (unpaired) electrons. The number of carbonyl (C=O) groups excluding carboxylic acids is 2. The van der Waals surface area contributed by atoms with Gasteiger partial charge in [-0.1, -0.05) is 6.07 Å². The number of piperidine rings is 1. The van der Waals surface area contributed by atoms with Gasteiger partial charge in [-0.2, -0.15) is 0 Å². The molecule has 0 saturated carbocycles. The molecule has 0 unspecified atom stereocenters. The molecule has 6 nitrogen and oxygen atoms in total. The van der Waals surface area contributed by atoms with Gasteiger partial charge in [0.25, 0.3) is 0 Å². The van der Waals surface area contributed by atoms with Gasteiger partial charge in [0.2, 0.25) is 11.8 Å². The third kappa shape index (κ3) is 3.67. The molecule has 3 rings (SSSR count). The summed E-state index contributed by atoms with van der Waals surface area (Å²) in [4.78, 5) is 27.0. The molecular formula is C18H23FN2O4. The summed E-state index contributed by atoms with van der Waals surface area (Å²) in [5, 5.41) is 2.62. The summed E-state index contributed by atoms with van der Waals surface area (Å²) in [5.74, 6) is -1.73. The fourth-order valence-corrected chi connectivity index (χ4v) is 3.18. The van der Waals surface area contributed by atoms with E-state index in [9.17, 15) is 14.0 Å². The zero-order valence-corrected chi connectivity index (χ0v) is 14.5. The predicted molar refractivity (Wildman–Crippen MR) is 89.3 cm³/mol. The molecule has 136 valence electrons. The Morgan fingerprint density at radius 2 is 1.84 bits per heavy atom. The monoisotopic (exact) mass is 350 g/mol. The summed E-state index contributed by atoms with van der Waals surface area (Å²) in [6, 6.07) is 5.60. The van der Waals surface area contributed by atoms with Gasteiger partial charge >= 0.3 is 0 Å². The maximum atomic E-state index is 13.3. The lowest BCUT2D eigenvalue weighted by Gasteiger charge is -2.40. The molecule has 2 saturated heterocycles. The first-order chi connectivity index (χ1) is 11.8. The number of hydrogen-bond acceptors (Lipinski definition) is 4. The van der Waals surface area contributed by atoms with Crippen LogP contribution in [0.1, 0.15) is 26.7 Å². The first-order valence-electron chi connectivity index (χ1n) is 8.47. The fraction of sp³-hybridized carbons (Fsp3) is 0.556. The van der Waals surface area contributed by atoms with E-state index in [4.69, 9.17) is 9.47 Å². The molecule has 0 atom stereocenters. The molecule has 2 aliphatic rings. The van der Waals surface area contributed by atoms with E-state index in [1.807, 2.05) is 0 Å². The van der Waals surface area contributed by atoms with E-state index in [-0.39, 0.29) is 5.91 Å². The van der Waals surface area contributed by atoms with Gasteiger partial charge in [-0.05, 0) is 32.0 Å². The Morgan fingerprint density at radius 1 is 1.20 bits per heavy atom. The molecule has 1 aromatic carbocycles. The summed E-state index contributed by atoms with van der Waals surface area (Å²) in [5.41, 5.74) is -0.926. The molecule has 0 bridgehead atoms. The van der Waals surface area contributed by atoms with E-state index in [1.165, 1.54) is 18.2 Å². The molecular weight excluding hydrogens is 327 g/mol. The Labute approximate surface area is 146 Å². The van der Waals surface area contributed by atoms with Crippen LogP contribution in [-0.4, -0.2) is 48.8 Å². The third-order valence-electron chi connectivity index (χ3n) is 4.81. The number of likely N-dealkylation sites (tertiary alicyclic amines) is 1. The van der Waals surface area contributed by atoms with Crippen molar-refractivity contribution in [3.05, 3.63) is 30.1 Å². The minimum absolute atomic E-state index is 0.255. The van der Waals surface area contributed by atoms with Gasteiger partial charge in [-0.15, -0.1) is 0 Å². The molecule has 2 amide bonds. The van der Waals surface area contributed by atoms with E-state index in [2.05, 4.69) is 5.32 Å². The smallest absolute Gasteiger partial charge is 0.239 e. The molecule has 2 aliphatic heterocycles. The number of nitrogens with zero attached hydrogens (tertiary/aromatic N) is 1. The molecule has 2 fully saturated rings. The highest BCUT2D eigenvalue weighted by Crippen LogP contribution is 2.33. The lowest BCUT2D eigenvalue weighted by atomic mass is 9.88. The van der Waals surface area contributed by atoms with Crippen LogP contribution in [0.5, 0.6) is 0 Å². The lowest BCUT2D eigenvalue weighted by Crippen LogP contribution is -2.53. The molecule has 7 heteroatoms. The summed E-state index contributed by atoms with van der Waals surface area (Å²) in [6.45, 7) is 5.28. The van der Waals surface area contributed by atoms with Crippen molar-refractivity contribution in [2.75, 3.05) is 31.6 Å². The second-order valence-corrected chi connectivity index (χ2v) is 6.99. The largest absolute Gasteiger partial charge is 0.347 e. The lowest BCUT2D eigenvalue weighted by molar-refractivity contribution is -0.189. The van der Waals surface area contributed by atoms with Crippen LogP contribution in [0.4, 0.5) is 10.1 Å². The van der Waals surface area contributed by atoms with Crippen molar-refractivity contribution < 1.29 is 23.5 Å². The highest BCUT2D eigenvalue weighted by molar-refractivity contribution is 6.09. The van der Waals surface area contributed by atoms with Crippen molar-refractivity contribution in [1.82, 2.24) is 4.90 Å². The quantitative estimate of drug-likeness (QED) is 0.849. The van der Waals surface area contributed by atoms with Crippen molar-refractivity contribution in [3.63, 3.8) is 0 Å². The number of amides is 2. The normalized spacial score (nSPS) is 19.9. The summed E-state index contributed by atoms with van der Waals surface area (Å²) in [6.07, 6.45) is 1.20. The Hall–Kier alpha value is -1.99. The first kappa shape index (κ1) is 17.8. The number of anilines is 1. The van der Waals surface area contributed by atoms with E-state index in [1.54, 1.807) is 24.8 Å². The minimum Gasteiger partial charge on any atom is -0.347 e. The van der Waals surface area contributed by atoms with Crippen molar-refractivity contribution in [1.29, 1.82) is 0 Å². The summed E-state index contributed by atoms with van der Waals surface area (Å²) >= 11 is 0. The van der Waals surface area contributed by atoms with Crippen molar-refractivity contribution in [2.24, 2.45) is 5.41 Å². The average molecular weight is 350 g/mol. The Bertz CT molecular complexity index is 661. The zero-order valence-electron chi connectivity index (χ0n) is 14.5. The van der Waals surface area contributed by atoms with Crippen LogP contribution < -0.4 is 5.32 Å². The van der Waals surface area contributed by atoms with Crippen LogP contribution in [0.15, 0.2) is 24.3 Å². The molecule has 1 spiro atoms. The van der Waals surface area contributed by atoms with E-state index in [0.29, 0.717) is 44.8 Å². The third-order valence-corrected chi connectivity index (χ3v) is 4.81. The van der Waals surface area contributed by atoms with Gasteiger partial charge in [0, 0.05) is 31.6 Å². The number of hydrogen-bond donors (Lipinski definition) is 1. The van der Waals surface area contributed by atoms with Gasteiger partial charge in [0.05, 0.1) is 13.2 Å². The van der Waals surface area contributed by atoms with E-state index in [0.717, 1.165) is 0 Å². The SMILES string of the molecule is CC(C)(C(=O)Nc1cccc(F)c1)C(=O)N1CCC2(CC1)OCCO2. The van der Waals surface area contributed by atoms with Gasteiger partial charge in [0.15, 0.2) is 5.79 Å². The van der Waals surface area contributed by atoms with Crippen molar-refractivity contribution in [3.8, 4) is 0 Å². The van der Waals surface area contributed by atoms with Gasteiger partial charge < -0.3 is 19.7 Å². The van der Waals surface area contributed by atoms with E-state index >= 15 is 0 Å². The molecule has 0 aliphatic carbocycles. The highest BCUT2D eigenvalue weighted by Gasteiger charge is 2.45. The minimum atomic E-state index is -1.26. The van der Waals surface area contributed by atoms with Crippen molar-refractivity contribution in [2.45, 2.75) is 32.5 Å². The van der Waals surface area contributed by atoms with Crippen LogP contribution in [-0.2, 0) is 19.1 Å². The number of rotatable bonds is 3. The molecule has 1 aromatic rings. The number of nitrogens with one attached hydrogen (secondary N) is 1. The number of benzene rings is 1. The Balaban J connectivity index is 1.63. The number of halogens is 1. The molecule has 0 aromatic heterocycles. The maximum Gasteiger partial charge on any atom is 0.239 e. The van der Waals surface area contributed by atoms with Crippen LogP contribution in [0, 0.1) is 11.2 Å². The second-order valence-electron chi connectivity index (χ2n) is 6.99. The number of carbonyl (C=O) groups is 2. The summed E-state index contributed by atoms with van der Waals surface area (Å²) in [7, 11) is 0. The van der Waals surface area contributed by atoms with E-state index < -0.39 is 22.9 Å². The molecule has 25 heavy (non-hydrogen) atoms. The molecule has 2 heterocycles. The first-order valence-corrected chi connectivity index (χ1v) is 8.47. The van der Waals surface area contributed by atoms with Gasteiger partial charge in [-0.3, -0.25) is 9.59 Å². The van der Waals surface area contributed by atoms with Crippen LogP contribution in [0.25, 0.3) is 0 Å². The zero-order chi connectivity index (χ0) is 18.1. The summed E-state index contributed by atoms with van der Waals surface area (Å²) < 4.78 is 24.6. The van der Waals surface area contributed by atoms with Crippen LogP contribution in [0.2, 0.25) is 0 Å². The second kappa shape index (κ2) is 6.72. The highest BCUT2D eigenvalue weighted by atomic mass is 19.1. The van der Waals surface area contributed by atoms with Gasteiger partial charge in [-0.25, -0.2) is 4.39 Å². The van der Waals surface area contributed by atoms with Crippen LogP contribution >= 0.6 is 0 Å². The number of ether oxygens (including phenoxy) is 2. The molecule has 1 N–H and O–H groups in total. The fourth-order valence-electron chi connectivity index (χ4n) is 3.18. The maximum absolute atomic E-state index is 13.3. The Morgan fingerprint density at radius 3 is 2.44 bits per heavy atom. The van der Waals surface area contributed by atoms with Gasteiger partial charge in [0.1, 0.15) is 11.2 Å². The van der Waals surface area contributed by atoms with Crippen molar-refractivity contribution >= 4 is 17.5 Å². The predicted octanol–water partition coefficient (Wildman–Crippen LogP) is 2.16. The van der Waals surface area contributed by atoms with Crippen LogP contribution in [0.3, 0.4) is 0 Å².